The zero-order valence-electron chi connectivity index (χ0n) is 15.6. The number of benzene rings is 2. The first kappa shape index (κ1) is 20.5. The molecule has 1 fully saturated rings. The number of thioether (sulfide) groups is 1. The van der Waals surface area contributed by atoms with Gasteiger partial charge in [-0.1, -0.05) is 53.5 Å². The predicted molar refractivity (Wildman–Crippen MR) is 115 cm³/mol. The molecule has 2 aromatic carbocycles. The number of hydrogen-bond donors (Lipinski definition) is 0. The molecule has 0 unspecified atom stereocenters. The van der Waals surface area contributed by atoms with Crippen LogP contribution in [0.5, 0.6) is 0 Å². The van der Waals surface area contributed by atoms with Gasteiger partial charge < -0.3 is 4.90 Å². The monoisotopic (exact) mass is 422 g/mol. The first-order chi connectivity index (χ1) is 13.0. The van der Waals surface area contributed by atoms with Gasteiger partial charge in [-0.15, -0.1) is 11.8 Å². The number of carbonyl (C=O) groups is 1. The number of hydrogen-bond acceptors (Lipinski definition) is 3. The molecule has 1 amide bonds. The molecule has 144 valence electrons. The third-order valence-electron chi connectivity index (χ3n) is 4.73. The Labute approximate surface area is 175 Å². The van der Waals surface area contributed by atoms with Crippen LogP contribution >= 0.6 is 35.0 Å². The Hall–Kier alpha value is -1.20. The topological polar surface area (TPSA) is 23.6 Å². The second-order valence-electron chi connectivity index (χ2n) is 6.96. The summed E-state index contributed by atoms with van der Waals surface area (Å²) in [6, 6.07) is 15.9. The zero-order chi connectivity index (χ0) is 19.4. The molecule has 1 aliphatic heterocycles. The molecule has 1 heterocycles. The van der Waals surface area contributed by atoms with Crippen molar-refractivity contribution in [2.24, 2.45) is 0 Å². The third kappa shape index (κ3) is 5.20. The van der Waals surface area contributed by atoms with Crippen LogP contribution in [0.3, 0.4) is 0 Å². The van der Waals surface area contributed by atoms with E-state index < -0.39 is 0 Å². The van der Waals surface area contributed by atoms with Gasteiger partial charge in [0.1, 0.15) is 5.37 Å². The molecule has 0 bridgehead atoms. The fourth-order valence-electron chi connectivity index (χ4n) is 3.21. The summed E-state index contributed by atoms with van der Waals surface area (Å²) in [6.07, 6.45) is 0. The Morgan fingerprint density at radius 3 is 2.70 bits per heavy atom. The zero-order valence-corrected chi connectivity index (χ0v) is 17.9. The van der Waals surface area contributed by atoms with Crippen LogP contribution < -0.4 is 0 Å². The summed E-state index contributed by atoms with van der Waals surface area (Å²) >= 11 is 14.3. The fourth-order valence-corrected chi connectivity index (χ4v) is 5.04. The first-order valence-corrected chi connectivity index (χ1v) is 10.9. The van der Waals surface area contributed by atoms with Gasteiger partial charge in [-0.25, -0.2) is 0 Å². The van der Waals surface area contributed by atoms with Crippen LogP contribution in [0, 0.1) is 0 Å². The number of amides is 1. The Morgan fingerprint density at radius 2 is 2.00 bits per heavy atom. The minimum atomic E-state index is -0.00798. The van der Waals surface area contributed by atoms with Crippen molar-refractivity contribution in [3.05, 3.63) is 69.7 Å². The molecule has 0 aromatic heterocycles. The number of nitrogens with zero attached hydrogens (tertiary/aromatic N) is 2. The van der Waals surface area contributed by atoms with Gasteiger partial charge in [-0.2, -0.15) is 0 Å². The van der Waals surface area contributed by atoms with Crippen molar-refractivity contribution in [3.8, 4) is 0 Å². The summed E-state index contributed by atoms with van der Waals surface area (Å²) in [5.74, 6) is 1.07. The largest absolute Gasteiger partial charge is 0.325 e. The van der Waals surface area contributed by atoms with E-state index in [0.29, 0.717) is 18.1 Å². The molecule has 3 rings (SSSR count). The maximum atomic E-state index is 13.1. The maximum absolute atomic E-state index is 13.1. The van der Waals surface area contributed by atoms with Crippen LogP contribution in [0.4, 0.5) is 0 Å². The van der Waals surface area contributed by atoms with Gasteiger partial charge >= 0.3 is 0 Å². The number of halogens is 2. The second-order valence-corrected chi connectivity index (χ2v) is 8.99. The summed E-state index contributed by atoms with van der Waals surface area (Å²) < 4.78 is 0. The van der Waals surface area contributed by atoms with Crippen molar-refractivity contribution in [3.63, 3.8) is 0 Å². The molecule has 1 aliphatic rings. The smallest absolute Gasteiger partial charge is 0.237 e. The van der Waals surface area contributed by atoms with E-state index in [2.05, 4.69) is 18.7 Å². The summed E-state index contributed by atoms with van der Waals surface area (Å²) in [4.78, 5) is 17.3. The van der Waals surface area contributed by atoms with Gasteiger partial charge in [0.2, 0.25) is 5.91 Å². The van der Waals surface area contributed by atoms with E-state index in [4.69, 9.17) is 23.2 Å². The van der Waals surface area contributed by atoms with E-state index in [9.17, 15) is 4.79 Å². The Morgan fingerprint density at radius 1 is 1.22 bits per heavy atom. The molecular weight excluding hydrogens is 399 g/mol. The van der Waals surface area contributed by atoms with Crippen molar-refractivity contribution in [1.82, 2.24) is 9.80 Å². The molecule has 2 aromatic rings. The van der Waals surface area contributed by atoms with Crippen LogP contribution in [0.25, 0.3) is 0 Å². The number of carbonyl (C=O) groups excluding carboxylic acids is 1. The molecule has 27 heavy (non-hydrogen) atoms. The lowest BCUT2D eigenvalue weighted by Crippen LogP contribution is -2.42. The van der Waals surface area contributed by atoms with Gasteiger partial charge in [0.15, 0.2) is 0 Å². The minimum Gasteiger partial charge on any atom is -0.325 e. The average molecular weight is 423 g/mol. The van der Waals surface area contributed by atoms with E-state index in [0.717, 1.165) is 28.4 Å². The van der Waals surface area contributed by atoms with Crippen molar-refractivity contribution in [1.29, 1.82) is 0 Å². The highest BCUT2D eigenvalue weighted by atomic mass is 35.5. The molecule has 0 spiro atoms. The minimum absolute atomic E-state index is 0.00798. The summed E-state index contributed by atoms with van der Waals surface area (Å²) in [5.41, 5.74) is 2.13. The Kier molecular flexibility index (Phi) is 7.10. The van der Waals surface area contributed by atoms with Crippen molar-refractivity contribution < 1.29 is 4.79 Å². The lowest BCUT2D eigenvalue weighted by molar-refractivity contribution is -0.133. The summed E-state index contributed by atoms with van der Waals surface area (Å²) in [6.45, 7) is 6.06. The van der Waals surface area contributed by atoms with Gasteiger partial charge in [-0.3, -0.25) is 9.69 Å². The molecule has 1 saturated heterocycles. The van der Waals surface area contributed by atoms with E-state index in [-0.39, 0.29) is 17.3 Å². The van der Waals surface area contributed by atoms with E-state index in [1.807, 2.05) is 53.4 Å². The van der Waals surface area contributed by atoms with Gasteiger partial charge in [0.05, 0.1) is 6.54 Å². The fraction of sp³-hybridized carbons (Fsp3) is 0.381. The summed E-state index contributed by atoms with van der Waals surface area (Å²) in [7, 11) is 0. The van der Waals surface area contributed by atoms with Crippen LogP contribution in [0.15, 0.2) is 48.5 Å². The normalized spacial score (nSPS) is 17.1. The van der Waals surface area contributed by atoms with Crippen molar-refractivity contribution in [2.45, 2.75) is 31.8 Å². The van der Waals surface area contributed by atoms with Gasteiger partial charge in [0, 0.05) is 40.5 Å². The van der Waals surface area contributed by atoms with E-state index >= 15 is 0 Å². The molecule has 0 saturated carbocycles. The van der Waals surface area contributed by atoms with Gasteiger partial charge in [0.25, 0.3) is 0 Å². The Bertz CT molecular complexity index is 799. The lowest BCUT2D eigenvalue weighted by Gasteiger charge is -2.30. The molecular formula is C21H24Cl2N2OS. The van der Waals surface area contributed by atoms with Crippen LogP contribution in [0.2, 0.25) is 10.0 Å². The van der Waals surface area contributed by atoms with Crippen LogP contribution in [-0.4, -0.2) is 40.6 Å². The lowest BCUT2D eigenvalue weighted by atomic mass is 10.1. The van der Waals surface area contributed by atoms with Crippen molar-refractivity contribution >= 4 is 40.9 Å². The second kappa shape index (κ2) is 9.33. The Balaban J connectivity index is 1.72. The van der Waals surface area contributed by atoms with E-state index in [1.54, 1.807) is 11.8 Å². The average Bonchev–Trinajstić information content (AvgIpc) is 3.11. The third-order valence-corrected chi connectivity index (χ3v) is 6.55. The van der Waals surface area contributed by atoms with E-state index in [1.165, 1.54) is 0 Å². The highest BCUT2D eigenvalue weighted by Crippen LogP contribution is 2.40. The van der Waals surface area contributed by atoms with Crippen molar-refractivity contribution in [2.75, 3.05) is 18.8 Å². The maximum Gasteiger partial charge on any atom is 0.237 e. The van der Waals surface area contributed by atoms with Gasteiger partial charge in [-0.05, 0) is 37.6 Å². The van der Waals surface area contributed by atoms with Crippen LogP contribution in [-0.2, 0) is 11.3 Å². The molecule has 0 aliphatic carbocycles. The quantitative estimate of drug-likeness (QED) is 0.615. The highest BCUT2D eigenvalue weighted by Gasteiger charge is 2.32. The highest BCUT2D eigenvalue weighted by molar-refractivity contribution is 7.99. The van der Waals surface area contributed by atoms with Crippen LogP contribution in [0.1, 0.15) is 30.3 Å². The standard InChI is InChI=1S/C21H24Cl2N2OS/c1-15(2)24(13-16-6-5-7-17(22)12-16)14-20(26)25-10-11-27-21(25)18-8-3-4-9-19(18)23/h3-9,12,15,21H,10-11,13-14H2,1-2H3/t21-/m0/s1. The molecule has 0 N–H and O–H groups in total. The SMILES string of the molecule is CC(C)N(CC(=O)N1CCS[C@H]1c1ccccc1Cl)Cc1cccc(Cl)c1. The molecule has 3 nitrogen and oxygen atoms in total. The molecule has 1 atom stereocenters. The first-order valence-electron chi connectivity index (χ1n) is 9.09. The molecule has 0 radical (unpaired) electrons. The summed E-state index contributed by atoms with van der Waals surface area (Å²) in [5, 5.41) is 1.43. The number of rotatable bonds is 6. The predicted octanol–water partition coefficient (Wildman–Crippen LogP) is 5.48. The molecule has 6 heteroatoms.